The van der Waals surface area contributed by atoms with Crippen LogP contribution in [0.2, 0.25) is 5.02 Å². The fourth-order valence-corrected chi connectivity index (χ4v) is 3.50. The summed E-state index contributed by atoms with van der Waals surface area (Å²) in [6.07, 6.45) is 1.76. The third-order valence-corrected chi connectivity index (χ3v) is 5.32. The van der Waals surface area contributed by atoms with Crippen LogP contribution in [0, 0.1) is 6.92 Å². The Kier molecular flexibility index (Phi) is 6.08. The van der Waals surface area contributed by atoms with Crippen LogP contribution < -0.4 is 9.62 Å². The first kappa shape index (κ1) is 19.3. The number of carbonyl (C=O) groups is 1. The van der Waals surface area contributed by atoms with Gasteiger partial charge in [-0.25, -0.2) is 8.42 Å². The van der Waals surface area contributed by atoms with Crippen molar-refractivity contribution in [2.45, 2.75) is 20.3 Å². The molecule has 2 rings (SSSR count). The molecule has 0 atom stereocenters. The van der Waals surface area contributed by atoms with E-state index in [1.165, 1.54) is 0 Å². The Morgan fingerprint density at radius 1 is 1.20 bits per heavy atom. The number of benzene rings is 2. The van der Waals surface area contributed by atoms with E-state index in [4.69, 9.17) is 11.6 Å². The van der Waals surface area contributed by atoms with E-state index < -0.39 is 15.9 Å². The molecule has 0 saturated carbocycles. The maximum Gasteiger partial charge on any atom is 0.245 e. The highest BCUT2D eigenvalue weighted by atomic mass is 35.5. The maximum atomic E-state index is 12.4. The largest absolute Gasteiger partial charge is 0.324 e. The van der Waals surface area contributed by atoms with Gasteiger partial charge in [-0.3, -0.25) is 9.10 Å². The van der Waals surface area contributed by atoms with Crippen molar-refractivity contribution in [2.75, 3.05) is 22.4 Å². The molecule has 0 aliphatic heterocycles. The van der Waals surface area contributed by atoms with Crippen molar-refractivity contribution in [1.82, 2.24) is 0 Å². The van der Waals surface area contributed by atoms with Crippen LogP contribution >= 0.6 is 11.6 Å². The summed E-state index contributed by atoms with van der Waals surface area (Å²) in [7, 11) is -3.61. The Hall–Kier alpha value is -2.05. The van der Waals surface area contributed by atoms with Gasteiger partial charge < -0.3 is 5.32 Å². The molecule has 0 unspecified atom stereocenters. The predicted molar refractivity (Wildman–Crippen MR) is 103 cm³/mol. The van der Waals surface area contributed by atoms with Gasteiger partial charge in [-0.2, -0.15) is 0 Å². The summed E-state index contributed by atoms with van der Waals surface area (Å²) < 4.78 is 25.5. The number of para-hydroxylation sites is 1. The van der Waals surface area contributed by atoms with Crippen LogP contribution in [0.4, 0.5) is 11.4 Å². The first-order valence-corrected chi connectivity index (χ1v) is 10.1. The number of anilines is 2. The van der Waals surface area contributed by atoms with E-state index in [0.717, 1.165) is 21.7 Å². The van der Waals surface area contributed by atoms with Crippen LogP contribution in [0.1, 0.15) is 18.1 Å². The number of rotatable bonds is 6. The molecule has 1 amide bonds. The second kappa shape index (κ2) is 7.89. The van der Waals surface area contributed by atoms with Gasteiger partial charge in [0.15, 0.2) is 0 Å². The van der Waals surface area contributed by atoms with Gasteiger partial charge in [0.2, 0.25) is 15.9 Å². The van der Waals surface area contributed by atoms with Gasteiger partial charge in [-0.15, -0.1) is 0 Å². The van der Waals surface area contributed by atoms with Crippen molar-refractivity contribution in [2.24, 2.45) is 0 Å². The number of amides is 1. The first-order chi connectivity index (χ1) is 11.7. The number of hydrogen-bond acceptors (Lipinski definition) is 3. The van der Waals surface area contributed by atoms with E-state index in [2.05, 4.69) is 5.32 Å². The number of sulfonamides is 1. The van der Waals surface area contributed by atoms with Crippen LogP contribution in [0.15, 0.2) is 42.5 Å². The van der Waals surface area contributed by atoms with Crippen molar-refractivity contribution in [3.8, 4) is 0 Å². The number of hydrogen-bond donors (Lipinski definition) is 1. The average Bonchev–Trinajstić information content (AvgIpc) is 2.55. The number of nitrogens with zero attached hydrogens (tertiary/aromatic N) is 1. The van der Waals surface area contributed by atoms with Gasteiger partial charge >= 0.3 is 0 Å². The highest BCUT2D eigenvalue weighted by Crippen LogP contribution is 2.24. The monoisotopic (exact) mass is 380 g/mol. The fraction of sp³-hybridized carbons (Fsp3) is 0.278. The van der Waals surface area contributed by atoms with Crippen molar-refractivity contribution in [3.63, 3.8) is 0 Å². The third kappa shape index (κ3) is 4.96. The smallest absolute Gasteiger partial charge is 0.245 e. The van der Waals surface area contributed by atoms with Crippen molar-refractivity contribution < 1.29 is 13.2 Å². The molecule has 1 N–H and O–H groups in total. The number of halogens is 1. The van der Waals surface area contributed by atoms with Gasteiger partial charge in [0.05, 0.1) is 11.9 Å². The predicted octanol–water partition coefficient (Wildman–Crippen LogP) is 3.62. The van der Waals surface area contributed by atoms with Crippen LogP contribution in [-0.4, -0.2) is 27.1 Å². The summed E-state index contributed by atoms with van der Waals surface area (Å²) in [5.74, 6) is -0.434. The molecule has 0 aliphatic carbocycles. The second-order valence-corrected chi connectivity index (χ2v) is 8.08. The molecule has 7 heteroatoms. The molecule has 0 saturated heterocycles. The zero-order valence-corrected chi connectivity index (χ0v) is 16.0. The molecule has 0 radical (unpaired) electrons. The van der Waals surface area contributed by atoms with Gasteiger partial charge in [0.1, 0.15) is 6.54 Å². The summed E-state index contributed by atoms with van der Waals surface area (Å²) in [6, 6.07) is 12.3. The summed E-state index contributed by atoms with van der Waals surface area (Å²) in [4.78, 5) is 12.4. The lowest BCUT2D eigenvalue weighted by molar-refractivity contribution is -0.114. The van der Waals surface area contributed by atoms with Crippen LogP contribution in [-0.2, 0) is 21.2 Å². The highest BCUT2D eigenvalue weighted by Gasteiger charge is 2.22. The minimum Gasteiger partial charge on any atom is -0.324 e. The molecule has 0 heterocycles. The molecule has 0 fully saturated rings. The lowest BCUT2D eigenvalue weighted by Crippen LogP contribution is -2.38. The van der Waals surface area contributed by atoms with Crippen LogP contribution in [0.25, 0.3) is 0 Å². The van der Waals surface area contributed by atoms with Crippen molar-refractivity contribution in [1.29, 1.82) is 0 Å². The minimum absolute atomic E-state index is 0.304. The Labute approximate surface area is 153 Å². The van der Waals surface area contributed by atoms with E-state index in [1.54, 1.807) is 30.3 Å². The molecular weight excluding hydrogens is 360 g/mol. The van der Waals surface area contributed by atoms with Crippen LogP contribution in [0.5, 0.6) is 0 Å². The molecule has 134 valence electrons. The highest BCUT2D eigenvalue weighted by molar-refractivity contribution is 7.92. The quantitative estimate of drug-likeness (QED) is 0.832. The Bertz CT molecular complexity index is 882. The van der Waals surface area contributed by atoms with Gasteiger partial charge in [-0.05, 0) is 42.7 Å². The van der Waals surface area contributed by atoms with E-state index >= 15 is 0 Å². The Morgan fingerprint density at radius 3 is 2.48 bits per heavy atom. The van der Waals surface area contributed by atoms with E-state index in [9.17, 15) is 13.2 Å². The topological polar surface area (TPSA) is 66.5 Å². The zero-order chi connectivity index (χ0) is 18.6. The first-order valence-electron chi connectivity index (χ1n) is 7.84. The molecule has 0 aromatic heterocycles. The Morgan fingerprint density at radius 2 is 1.88 bits per heavy atom. The van der Waals surface area contributed by atoms with Crippen molar-refractivity contribution >= 4 is 38.9 Å². The third-order valence-electron chi connectivity index (χ3n) is 3.78. The molecule has 25 heavy (non-hydrogen) atoms. The van der Waals surface area contributed by atoms with Gasteiger partial charge in [0, 0.05) is 10.7 Å². The van der Waals surface area contributed by atoms with E-state index in [-0.39, 0.29) is 6.54 Å². The molecule has 5 nitrogen and oxygen atoms in total. The molecule has 0 spiro atoms. The standard InChI is InChI=1S/C18H21ClN2O3S/c1-4-14-7-5-6-8-17(14)21(25(3,23)24)12-18(22)20-15-10-9-13(2)16(19)11-15/h5-11H,4,12H2,1-3H3,(H,20,22). The number of nitrogens with one attached hydrogen (secondary N) is 1. The average molecular weight is 381 g/mol. The fourth-order valence-electron chi connectivity index (χ4n) is 2.44. The lowest BCUT2D eigenvalue weighted by atomic mass is 10.1. The molecule has 2 aromatic rings. The number of aryl methyl sites for hydroxylation is 2. The Balaban J connectivity index is 2.25. The van der Waals surface area contributed by atoms with Crippen LogP contribution in [0.3, 0.4) is 0 Å². The SMILES string of the molecule is CCc1ccccc1N(CC(=O)Nc1ccc(C)c(Cl)c1)S(C)(=O)=O. The van der Waals surface area contributed by atoms with E-state index in [1.807, 2.05) is 26.0 Å². The number of carbonyl (C=O) groups excluding carboxylic acids is 1. The van der Waals surface area contributed by atoms with E-state index in [0.29, 0.717) is 22.8 Å². The summed E-state index contributed by atoms with van der Waals surface area (Å²) in [6.45, 7) is 3.50. The summed E-state index contributed by atoms with van der Waals surface area (Å²) >= 11 is 6.05. The molecule has 0 bridgehead atoms. The summed E-state index contributed by atoms with van der Waals surface area (Å²) in [5, 5.41) is 3.23. The van der Waals surface area contributed by atoms with Gasteiger partial charge in [-0.1, -0.05) is 42.8 Å². The lowest BCUT2D eigenvalue weighted by Gasteiger charge is -2.24. The minimum atomic E-state index is -3.61. The maximum absolute atomic E-state index is 12.4. The molecular formula is C18H21ClN2O3S. The van der Waals surface area contributed by atoms with Crippen molar-refractivity contribution in [3.05, 3.63) is 58.6 Å². The van der Waals surface area contributed by atoms with Gasteiger partial charge in [0.25, 0.3) is 0 Å². The molecule has 0 aliphatic rings. The zero-order valence-electron chi connectivity index (χ0n) is 14.4. The second-order valence-electron chi connectivity index (χ2n) is 5.76. The molecule has 2 aromatic carbocycles. The summed E-state index contributed by atoms with van der Waals surface area (Å²) in [5.41, 5.74) is 2.80. The normalized spacial score (nSPS) is 11.2.